The van der Waals surface area contributed by atoms with Crippen LogP contribution in [-0.2, 0) is 5.88 Å². The first-order chi connectivity index (χ1) is 9.86. The van der Waals surface area contributed by atoms with Crippen LogP contribution in [0.15, 0.2) is 36.8 Å². The fraction of sp³-hybridized carbons (Fsp3) is 0.357. The summed E-state index contributed by atoms with van der Waals surface area (Å²) in [4.78, 5) is 17.6. The smallest absolute Gasteiger partial charge is 0.225 e. The number of rotatable bonds is 3. The molecule has 0 amide bonds. The molecule has 3 rings (SSSR count). The monoisotopic (exact) mass is 289 g/mol. The standard InChI is InChI=1S/C14H16ClN5/c15-9-12-10-17-14(18-11-12)20-7-5-19(6-8-20)13-3-1-2-4-16-13/h1-4,10-11H,5-9H2. The van der Waals surface area contributed by atoms with Crippen LogP contribution in [0.4, 0.5) is 11.8 Å². The van der Waals surface area contributed by atoms with Crippen LogP contribution in [0.25, 0.3) is 0 Å². The lowest BCUT2D eigenvalue weighted by atomic mass is 10.3. The maximum Gasteiger partial charge on any atom is 0.225 e. The predicted molar refractivity (Wildman–Crippen MR) is 80.3 cm³/mol. The summed E-state index contributed by atoms with van der Waals surface area (Å²) in [5, 5.41) is 0. The molecule has 0 bridgehead atoms. The lowest BCUT2D eigenvalue weighted by Crippen LogP contribution is -2.47. The summed E-state index contributed by atoms with van der Waals surface area (Å²) < 4.78 is 0. The molecule has 1 aliphatic rings. The molecule has 2 aromatic heterocycles. The Morgan fingerprint density at radius 2 is 1.65 bits per heavy atom. The van der Waals surface area contributed by atoms with Crippen molar-refractivity contribution in [1.29, 1.82) is 0 Å². The van der Waals surface area contributed by atoms with Crippen molar-refractivity contribution in [2.24, 2.45) is 0 Å². The molecule has 0 saturated carbocycles. The van der Waals surface area contributed by atoms with Crippen LogP contribution in [0.1, 0.15) is 5.56 Å². The number of anilines is 2. The van der Waals surface area contributed by atoms with E-state index in [1.807, 2.05) is 24.4 Å². The molecular formula is C14H16ClN5. The summed E-state index contributed by atoms with van der Waals surface area (Å²) in [5.74, 6) is 2.26. The highest BCUT2D eigenvalue weighted by atomic mass is 35.5. The zero-order valence-corrected chi connectivity index (χ0v) is 11.9. The highest BCUT2D eigenvalue weighted by Crippen LogP contribution is 2.15. The molecule has 0 aliphatic carbocycles. The van der Waals surface area contributed by atoms with Gasteiger partial charge in [0.05, 0.1) is 5.88 Å². The topological polar surface area (TPSA) is 45.2 Å². The Labute approximate surface area is 123 Å². The lowest BCUT2D eigenvalue weighted by Gasteiger charge is -2.35. The Bertz CT molecular complexity index is 537. The molecule has 0 unspecified atom stereocenters. The molecule has 20 heavy (non-hydrogen) atoms. The van der Waals surface area contributed by atoms with E-state index in [1.165, 1.54) is 0 Å². The third-order valence-corrected chi connectivity index (χ3v) is 3.69. The average molecular weight is 290 g/mol. The van der Waals surface area contributed by atoms with Gasteiger partial charge in [-0.25, -0.2) is 15.0 Å². The minimum absolute atomic E-state index is 0.452. The maximum absolute atomic E-state index is 5.74. The first kappa shape index (κ1) is 13.1. The van der Waals surface area contributed by atoms with E-state index in [2.05, 4.69) is 24.8 Å². The fourth-order valence-corrected chi connectivity index (χ4v) is 2.39. The first-order valence-corrected chi connectivity index (χ1v) is 7.18. The van der Waals surface area contributed by atoms with Crippen LogP contribution in [-0.4, -0.2) is 41.1 Å². The molecule has 5 nitrogen and oxygen atoms in total. The number of nitrogens with zero attached hydrogens (tertiary/aromatic N) is 5. The first-order valence-electron chi connectivity index (χ1n) is 6.64. The van der Waals surface area contributed by atoms with E-state index in [0.29, 0.717) is 5.88 Å². The fourth-order valence-electron chi connectivity index (χ4n) is 2.26. The van der Waals surface area contributed by atoms with Crippen LogP contribution in [0.2, 0.25) is 0 Å². The van der Waals surface area contributed by atoms with Crippen molar-refractivity contribution in [3.63, 3.8) is 0 Å². The summed E-state index contributed by atoms with van der Waals surface area (Å²) in [7, 11) is 0. The average Bonchev–Trinajstić information content (AvgIpc) is 2.56. The van der Waals surface area contributed by atoms with Gasteiger partial charge in [0.15, 0.2) is 0 Å². The molecule has 104 valence electrons. The zero-order valence-electron chi connectivity index (χ0n) is 11.1. The quantitative estimate of drug-likeness (QED) is 0.808. The van der Waals surface area contributed by atoms with E-state index in [-0.39, 0.29) is 0 Å². The van der Waals surface area contributed by atoms with E-state index in [1.54, 1.807) is 12.4 Å². The Balaban J connectivity index is 1.63. The second kappa shape index (κ2) is 6.05. The predicted octanol–water partition coefficient (Wildman–Crippen LogP) is 1.94. The van der Waals surface area contributed by atoms with Crippen molar-refractivity contribution in [1.82, 2.24) is 15.0 Å². The Morgan fingerprint density at radius 3 is 2.25 bits per heavy atom. The number of halogens is 1. The van der Waals surface area contributed by atoms with Crippen molar-refractivity contribution in [2.75, 3.05) is 36.0 Å². The Kier molecular flexibility index (Phi) is 3.97. The SMILES string of the molecule is ClCc1cnc(N2CCN(c3ccccn3)CC2)nc1. The highest BCUT2D eigenvalue weighted by Gasteiger charge is 2.19. The van der Waals surface area contributed by atoms with Crippen LogP contribution in [0, 0.1) is 0 Å². The van der Waals surface area contributed by atoms with Crippen LogP contribution >= 0.6 is 11.6 Å². The summed E-state index contributed by atoms with van der Waals surface area (Å²) in [6.07, 6.45) is 5.41. The Hall–Kier alpha value is -1.88. The van der Waals surface area contributed by atoms with Crippen LogP contribution in [0.3, 0.4) is 0 Å². The minimum Gasteiger partial charge on any atom is -0.353 e. The lowest BCUT2D eigenvalue weighted by molar-refractivity contribution is 0.634. The van der Waals surface area contributed by atoms with Crippen molar-refractivity contribution >= 4 is 23.4 Å². The number of alkyl halides is 1. The highest BCUT2D eigenvalue weighted by molar-refractivity contribution is 6.17. The maximum atomic E-state index is 5.74. The number of piperazine rings is 1. The second-order valence-corrected chi connectivity index (χ2v) is 4.95. The number of hydrogen-bond acceptors (Lipinski definition) is 5. The van der Waals surface area contributed by atoms with Crippen molar-refractivity contribution in [3.8, 4) is 0 Å². The molecule has 1 saturated heterocycles. The molecule has 0 N–H and O–H groups in total. The summed E-state index contributed by atoms with van der Waals surface area (Å²) in [5.41, 5.74) is 0.947. The van der Waals surface area contributed by atoms with Gasteiger partial charge in [-0.05, 0) is 12.1 Å². The van der Waals surface area contributed by atoms with Gasteiger partial charge in [0.2, 0.25) is 5.95 Å². The normalized spacial score (nSPS) is 15.4. The molecule has 1 fully saturated rings. The van der Waals surface area contributed by atoms with Crippen LogP contribution < -0.4 is 9.80 Å². The van der Waals surface area contributed by atoms with E-state index >= 15 is 0 Å². The van der Waals surface area contributed by atoms with Gasteiger partial charge in [0.1, 0.15) is 5.82 Å². The largest absolute Gasteiger partial charge is 0.353 e. The van der Waals surface area contributed by atoms with Gasteiger partial charge in [-0.1, -0.05) is 6.07 Å². The van der Waals surface area contributed by atoms with E-state index < -0.39 is 0 Å². The summed E-state index contributed by atoms with van der Waals surface area (Å²) >= 11 is 5.74. The third-order valence-electron chi connectivity index (χ3n) is 3.38. The van der Waals surface area contributed by atoms with Crippen molar-refractivity contribution in [2.45, 2.75) is 5.88 Å². The summed E-state index contributed by atoms with van der Waals surface area (Å²) in [6, 6.07) is 6.00. The van der Waals surface area contributed by atoms with Gasteiger partial charge in [-0.3, -0.25) is 0 Å². The van der Waals surface area contributed by atoms with E-state index in [0.717, 1.165) is 43.5 Å². The van der Waals surface area contributed by atoms with Gasteiger partial charge in [-0.15, -0.1) is 11.6 Å². The van der Waals surface area contributed by atoms with Gasteiger partial charge < -0.3 is 9.80 Å². The molecular weight excluding hydrogens is 274 g/mol. The van der Waals surface area contributed by atoms with E-state index in [9.17, 15) is 0 Å². The van der Waals surface area contributed by atoms with Crippen molar-refractivity contribution in [3.05, 3.63) is 42.4 Å². The minimum atomic E-state index is 0.452. The molecule has 0 spiro atoms. The second-order valence-electron chi connectivity index (χ2n) is 4.69. The molecule has 0 aromatic carbocycles. The third kappa shape index (κ3) is 2.82. The zero-order chi connectivity index (χ0) is 13.8. The van der Waals surface area contributed by atoms with Gasteiger partial charge in [-0.2, -0.15) is 0 Å². The van der Waals surface area contributed by atoms with E-state index in [4.69, 9.17) is 11.6 Å². The number of hydrogen-bond donors (Lipinski definition) is 0. The molecule has 3 heterocycles. The van der Waals surface area contributed by atoms with Crippen molar-refractivity contribution < 1.29 is 0 Å². The van der Waals surface area contributed by atoms with Gasteiger partial charge in [0.25, 0.3) is 0 Å². The number of aromatic nitrogens is 3. The molecule has 0 atom stereocenters. The summed E-state index contributed by atoms with van der Waals surface area (Å²) in [6.45, 7) is 3.66. The van der Waals surface area contributed by atoms with Crippen LogP contribution in [0.5, 0.6) is 0 Å². The molecule has 6 heteroatoms. The molecule has 2 aromatic rings. The molecule has 0 radical (unpaired) electrons. The molecule has 1 aliphatic heterocycles. The van der Waals surface area contributed by atoms with Gasteiger partial charge >= 0.3 is 0 Å². The number of pyridine rings is 1. The Morgan fingerprint density at radius 1 is 0.950 bits per heavy atom. The van der Waals surface area contributed by atoms with Gasteiger partial charge in [0, 0.05) is 50.3 Å².